The summed E-state index contributed by atoms with van der Waals surface area (Å²) in [5.41, 5.74) is 1.78. The summed E-state index contributed by atoms with van der Waals surface area (Å²) in [5.74, 6) is 0.215. The number of nitrogens with zero attached hydrogens (tertiary/aromatic N) is 5. The van der Waals surface area contributed by atoms with Crippen LogP contribution in [0, 0.1) is 6.92 Å². The van der Waals surface area contributed by atoms with Gasteiger partial charge in [0.1, 0.15) is 10.4 Å². The molecule has 3 heterocycles. The quantitative estimate of drug-likeness (QED) is 0.772. The fourth-order valence-electron chi connectivity index (χ4n) is 2.41. The summed E-state index contributed by atoms with van der Waals surface area (Å²) >= 11 is 0. The van der Waals surface area contributed by atoms with E-state index in [0.29, 0.717) is 22.6 Å². The Bertz CT molecular complexity index is 938. The minimum absolute atomic E-state index is 0.209. The highest BCUT2D eigenvalue weighted by Gasteiger charge is 2.36. The number of nitrogens with one attached hydrogen (secondary N) is 1. The molecule has 0 amide bonds. The molecule has 1 aliphatic rings. The summed E-state index contributed by atoms with van der Waals surface area (Å²) in [6.07, 6.45) is 3.48. The van der Waals surface area contributed by atoms with Gasteiger partial charge in [-0.2, -0.15) is 13.5 Å². The summed E-state index contributed by atoms with van der Waals surface area (Å²) in [7, 11) is -3.84. The van der Waals surface area contributed by atoms with Crippen LogP contribution in [0.5, 0.6) is 0 Å². The van der Waals surface area contributed by atoms with Crippen LogP contribution in [-0.4, -0.2) is 38.0 Å². The maximum atomic E-state index is 12.9. The van der Waals surface area contributed by atoms with E-state index >= 15 is 0 Å². The van der Waals surface area contributed by atoms with Gasteiger partial charge in [-0.3, -0.25) is 5.10 Å². The summed E-state index contributed by atoms with van der Waals surface area (Å²) in [5, 5.41) is 14.5. The third-order valence-electron chi connectivity index (χ3n) is 3.56. The summed E-state index contributed by atoms with van der Waals surface area (Å²) < 4.78 is 26.8. The zero-order valence-electron chi connectivity index (χ0n) is 11.2. The zero-order chi connectivity index (χ0) is 14.6. The molecule has 108 valence electrons. The largest absolute Gasteiger partial charge is 0.288 e. The van der Waals surface area contributed by atoms with Gasteiger partial charge in [0, 0.05) is 12.1 Å². The van der Waals surface area contributed by atoms with Crippen molar-refractivity contribution in [2.24, 2.45) is 0 Å². The van der Waals surface area contributed by atoms with Crippen molar-refractivity contribution < 1.29 is 8.42 Å². The Balaban J connectivity index is 1.97. The lowest BCUT2D eigenvalue weighted by atomic mass is 10.3. The predicted molar refractivity (Wildman–Crippen MR) is 73.2 cm³/mol. The van der Waals surface area contributed by atoms with E-state index in [1.165, 1.54) is 0 Å². The van der Waals surface area contributed by atoms with Crippen molar-refractivity contribution in [3.05, 3.63) is 29.7 Å². The average Bonchev–Trinajstić information content (AvgIpc) is 3.08. The first-order chi connectivity index (χ1) is 10.1. The van der Waals surface area contributed by atoms with Gasteiger partial charge >= 0.3 is 0 Å². The number of aromatic nitrogens is 6. The van der Waals surface area contributed by atoms with Crippen LogP contribution in [-0.2, 0) is 10.0 Å². The molecule has 0 aromatic carbocycles. The lowest BCUT2D eigenvalue weighted by molar-refractivity contribution is 0.577. The van der Waals surface area contributed by atoms with E-state index in [4.69, 9.17) is 0 Å². The normalized spacial score (nSPS) is 15.7. The van der Waals surface area contributed by atoms with Gasteiger partial charge in [-0.1, -0.05) is 0 Å². The molecule has 8 nitrogen and oxygen atoms in total. The lowest BCUT2D eigenvalue weighted by Gasteiger charge is -2.05. The predicted octanol–water partition coefficient (Wildman–Crippen LogP) is 0.972. The number of aromatic amines is 1. The first-order valence-corrected chi connectivity index (χ1v) is 8.00. The molecule has 0 atom stereocenters. The van der Waals surface area contributed by atoms with Crippen LogP contribution >= 0.6 is 0 Å². The molecular formula is C12H12N6O2S. The molecule has 1 saturated carbocycles. The van der Waals surface area contributed by atoms with Gasteiger partial charge in [0.2, 0.25) is 5.65 Å². The molecule has 21 heavy (non-hydrogen) atoms. The monoisotopic (exact) mass is 304 g/mol. The molecule has 1 fully saturated rings. The molecule has 0 radical (unpaired) electrons. The zero-order valence-corrected chi connectivity index (χ0v) is 12.0. The standard InChI is InChI=1S/C12H12N6O2S/c1-7-11(10(15-14-7)8-4-5-8)21(19,20)18-9-3-2-6-13-12(9)16-17-18/h2-3,6,8H,4-5H2,1H3,(H,14,15). The van der Waals surface area contributed by atoms with E-state index in [0.717, 1.165) is 16.9 Å². The summed E-state index contributed by atoms with van der Waals surface area (Å²) in [6, 6.07) is 3.29. The second kappa shape index (κ2) is 4.10. The third-order valence-corrected chi connectivity index (χ3v) is 5.32. The van der Waals surface area contributed by atoms with E-state index in [2.05, 4.69) is 25.5 Å². The highest BCUT2D eigenvalue weighted by molar-refractivity contribution is 7.90. The molecule has 0 aliphatic heterocycles. The van der Waals surface area contributed by atoms with Crippen LogP contribution in [0.15, 0.2) is 23.2 Å². The molecule has 0 saturated heterocycles. The van der Waals surface area contributed by atoms with E-state index < -0.39 is 10.0 Å². The fourth-order valence-corrected chi connectivity index (χ4v) is 4.02. The molecule has 4 rings (SSSR count). The van der Waals surface area contributed by atoms with Crippen LogP contribution in [0.4, 0.5) is 0 Å². The van der Waals surface area contributed by atoms with Gasteiger partial charge in [-0.05, 0) is 37.1 Å². The Morgan fingerprint density at radius 2 is 2.19 bits per heavy atom. The van der Waals surface area contributed by atoms with Gasteiger partial charge in [-0.15, -0.1) is 9.19 Å². The maximum Gasteiger partial charge on any atom is 0.288 e. The van der Waals surface area contributed by atoms with E-state index in [1.54, 1.807) is 25.3 Å². The van der Waals surface area contributed by atoms with Crippen LogP contribution in [0.25, 0.3) is 11.2 Å². The molecule has 0 unspecified atom stereocenters. The first kappa shape index (κ1) is 12.5. The molecule has 0 bridgehead atoms. The van der Waals surface area contributed by atoms with Gasteiger partial charge in [0.15, 0.2) is 0 Å². The van der Waals surface area contributed by atoms with Crippen molar-refractivity contribution in [3.8, 4) is 0 Å². The highest BCUT2D eigenvalue weighted by Crippen LogP contribution is 2.42. The third kappa shape index (κ3) is 1.77. The highest BCUT2D eigenvalue weighted by atomic mass is 32.2. The smallest absolute Gasteiger partial charge is 0.281 e. The maximum absolute atomic E-state index is 12.9. The second-order valence-corrected chi connectivity index (χ2v) is 6.83. The Morgan fingerprint density at radius 3 is 2.95 bits per heavy atom. The number of aryl methyl sites for hydroxylation is 1. The minimum atomic E-state index is -3.84. The number of pyridine rings is 1. The Morgan fingerprint density at radius 1 is 1.38 bits per heavy atom. The summed E-state index contributed by atoms with van der Waals surface area (Å²) in [6.45, 7) is 1.70. The molecule has 3 aromatic heterocycles. The number of hydrogen-bond acceptors (Lipinski definition) is 6. The Hall–Kier alpha value is -2.29. The van der Waals surface area contributed by atoms with Gasteiger partial charge in [-0.25, -0.2) is 4.98 Å². The van der Waals surface area contributed by atoms with Crippen LogP contribution in [0.1, 0.15) is 30.1 Å². The van der Waals surface area contributed by atoms with Crippen molar-refractivity contribution in [2.75, 3.05) is 0 Å². The number of hydrogen-bond donors (Lipinski definition) is 1. The van der Waals surface area contributed by atoms with Crippen LogP contribution < -0.4 is 0 Å². The molecule has 9 heteroatoms. The van der Waals surface area contributed by atoms with Crippen molar-refractivity contribution in [2.45, 2.75) is 30.6 Å². The van der Waals surface area contributed by atoms with Crippen molar-refractivity contribution in [3.63, 3.8) is 0 Å². The SMILES string of the molecule is Cc1[nH]nc(C2CC2)c1S(=O)(=O)n1nnc2ncccc21. The Labute approximate surface area is 120 Å². The topological polar surface area (TPSA) is 106 Å². The average molecular weight is 304 g/mol. The van der Waals surface area contributed by atoms with E-state index in [9.17, 15) is 8.42 Å². The van der Waals surface area contributed by atoms with Crippen molar-refractivity contribution in [1.29, 1.82) is 0 Å². The fraction of sp³-hybridized carbons (Fsp3) is 0.333. The number of rotatable bonds is 3. The summed E-state index contributed by atoms with van der Waals surface area (Å²) in [4.78, 5) is 4.22. The lowest BCUT2D eigenvalue weighted by Crippen LogP contribution is -2.16. The van der Waals surface area contributed by atoms with Crippen LogP contribution in [0.2, 0.25) is 0 Å². The first-order valence-electron chi connectivity index (χ1n) is 6.56. The molecule has 1 N–H and O–H groups in total. The molecular weight excluding hydrogens is 292 g/mol. The molecule has 3 aromatic rings. The second-order valence-electron chi connectivity index (χ2n) is 5.12. The van der Waals surface area contributed by atoms with Gasteiger partial charge in [0.25, 0.3) is 10.0 Å². The van der Waals surface area contributed by atoms with E-state index in [-0.39, 0.29) is 10.8 Å². The van der Waals surface area contributed by atoms with Crippen LogP contribution in [0.3, 0.4) is 0 Å². The minimum Gasteiger partial charge on any atom is -0.281 e. The van der Waals surface area contributed by atoms with Crippen molar-refractivity contribution >= 4 is 21.2 Å². The number of fused-ring (bicyclic) bond motifs is 1. The number of H-pyrrole nitrogens is 1. The molecule has 0 spiro atoms. The van der Waals surface area contributed by atoms with E-state index in [1.807, 2.05) is 0 Å². The van der Waals surface area contributed by atoms with Gasteiger partial charge < -0.3 is 0 Å². The Kier molecular flexibility index (Phi) is 2.43. The van der Waals surface area contributed by atoms with Gasteiger partial charge in [0.05, 0.1) is 11.4 Å². The molecule has 1 aliphatic carbocycles. The van der Waals surface area contributed by atoms with Crippen molar-refractivity contribution in [1.82, 2.24) is 29.6 Å².